The molecular weight excluding hydrogens is 867 g/mol. The van der Waals surface area contributed by atoms with Gasteiger partial charge >= 0.3 is 29.4 Å². The number of nitrogens with one attached hydrogen (secondary N) is 2. The lowest BCUT2D eigenvalue weighted by Crippen LogP contribution is -2.46. The van der Waals surface area contributed by atoms with Gasteiger partial charge in [-0.2, -0.15) is 4.31 Å². The molecule has 2 amide bonds. The first-order valence-electron chi connectivity index (χ1n) is 16.6. The topological polar surface area (TPSA) is 421 Å². The molecule has 1 saturated heterocycles. The van der Waals surface area contributed by atoms with E-state index in [2.05, 4.69) is 34.4 Å². The van der Waals surface area contributed by atoms with Crippen LogP contribution in [0.2, 0.25) is 0 Å². The maximum Gasteiger partial charge on any atom is 0.481 e. The van der Waals surface area contributed by atoms with E-state index < -0.39 is 114 Å². The molecule has 0 spiro atoms. The number of carboxylic acid groups (broad SMARTS) is 1. The number of anilines is 1. The second-order valence-corrected chi connectivity index (χ2v) is 18.9. The Balaban J connectivity index is 1.47. The summed E-state index contributed by atoms with van der Waals surface area (Å²) in [6.07, 6.45) is -8.22. The average molecular weight is 912 g/mol. The number of fused-ring (bicyclic) bond motifs is 1. The highest BCUT2D eigenvalue weighted by Crippen LogP contribution is 2.61. The van der Waals surface area contributed by atoms with Crippen LogP contribution < -0.4 is 16.4 Å². The van der Waals surface area contributed by atoms with Crippen LogP contribution in [-0.2, 0) is 55.5 Å². The van der Waals surface area contributed by atoms with Gasteiger partial charge in [-0.05, 0) is 6.92 Å². The summed E-state index contributed by atoms with van der Waals surface area (Å²) in [5, 5.41) is 44.4. The quantitative estimate of drug-likeness (QED) is 0.0436. The molecule has 31 heteroatoms. The van der Waals surface area contributed by atoms with Gasteiger partial charge in [0, 0.05) is 37.1 Å². The van der Waals surface area contributed by atoms with Crippen LogP contribution in [0.1, 0.15) is 46.3 Å². The van der Waals surface area contributed by atoms with Gasteiger partial charge in [-0.15, -0.1) is 0 Å². The summed E-state index contributed by atoms with van der Waals surface area (Å²) in [6.45, 7) is 1.29. The Morgan fingerprint density at radius 3 is 2.31 bits per heavy atom. The SMILES string of the molecule is CC(C)(COP(=O)(O)OP(=O)(O)OC[C@H]1O[C@@H](n2cnc3c(N)ncnc32)[C@H](O)[C@@H]1OP(=O)(O)O)C(O)C(=O)NCCC(=O)NCCSC(=O)C[C@@](C)(O)CC(=O)O. The first kappa shape index (κ1) is 49.4. The van der Waals surface area contributed by atoms with Gasteiger partial charge in [-0.1, -0.05) is 25.6 Å². The summed E-state index contributed by atoms with van der Waals surface area (Å²) in [7, 11) is -16.5. The number of nitrogen functional groups attached to an aromatic ring is 1. The summed E-state index contributed by atoms with van der Waals surface area (Å²) < 4.78 is 62.0. The molecule has 2 aromatic heterocycles. The standard InChI is InChI=1S/C27H44N7O20P3S/c1-26(2,21(40)24(41)30-5-4-15(35)29-6-7-58-17(38)9-27(3,42)8-16(36)37)11-51-57(48,49)54-56(46,47)50-10-14-20(53-55(43,44)45)19(39)25(52-14)34-13-33-18-22(28)31-12-32-23(18)34/h12-14,19-21,25,39-40,42H,4-11H2,1-3H3,(H,29,35)(H,30,41)(H,36,37)(H,46,47)(H,48,49)(H2,28,31,32)(H2,43,44,45)/t14-,19-,20-,21?,25-,27+/m1/s1. The number of rotatable bonds is 23. The van der Waals surface area contributed by atoms with E-state index in [0.717, 1.165) is 29.0 Å². The summed E-state index contributed by atoms with van der Waals surface area (Å²) in [5.74, 6) is -2.81. The van der Waals surface area contributed by atoms with Gasteiger partial charge in [0.15, 0.2) is 22.8 Å². The number of carboxylic acids is 1. The molecule has 0 bridgehead atoms. The zero-order valence-corrected chi connectivity index (χ0v) is 34.3. The highest BCUT2D eigenvalue weighted by Gasteiger charge is 2.50. The highest BCUT2D eigenvalue weighted by atomic mass is 32.2. The van der Waals surface area contributed by atoms with E-state index in [4.69, 9.17) is 24.6 Å². The van der Waals surface area contributed by atoms with Gasteiger partial charge in [-0.25, -0.2) is 28.6 Å². The molecule has 3 unspecified atom stereocenters. The smallest absolute Gasteiger partial charge is 0.481 e. The fourth-order valence-electron chi connectivity index (χ4n) is 5.05. The number of carbonyl (C=O) groups is 4. The van der Waals surface area contributed by atoms with Crippen LogP contribution in [0.4, 0.5) is 5.82 Å². The van der Waals surface area contributed by atoms with Crippen LogP contribution in [0.15, 0.2) is 12.7 Å². The minimum atomic E-state index is -5.60. The molecule has 58 heavy (non-hydrogen) atoms. The lowest BCUT2D eigenvalue weighted by Gasteiger charge is -2.30. The van der Waals surface area contributed by atoms with E-state index in [1.807, 2.05) is 0 Å². The number of phosphoric acid groups is 3. The highest BCUT2D eigenvalue weighted by molar-refractivity contribution is 8.13. The van der Waals surface area contributed by atoms with Gasteiger partial charge < -0.3 is 61.1 Å². The molecule has 12 N–H and O–H groups in total. The van der Waals surface area contributed by atoms with Crippen molar-refractivity contribution in [3.05, 3.63) is 12.7 Å². The molecule has 0 aliphatic carbocycles. The first-order valence-corrected chi connectivity index (χ1v) is 22.1. The summed E-state index contributed by atoms with van der Waals surface area (Å²) in [4.78, 5) is 98.2. The van der Waals surface area contributed by atoms with E-state index in [9.17, 15) is 67.8 Å². The van der Waals surface area contributed by atoms with Gasteiger partial charge in [-0.3, -0.25) is 37.3 Å². The largest absolute Gasteiger partial charge is 0.481 e. The molecule has 2 aromatic rings. The van der Waals surface area contributed by atoms with Crippen molar-refractivity contribution in [2.24, 2.45) is 5.41 Å². The number of aromatic nitrogens is 4. The molecule has 0 aromatic carbocycles. The number of nitrogens with zero attached hydrogens (tertiary/aromatic N) is 4. The molecule has 3 rings (SSSR count). The zero-order chi connectivity index (χ0) is 43.9. The van der Waals surface area contributed by atoms with Crippen molar-refractivity contribution in [2.45, 2.75) is 76.3 Å². The van der Waals surface area contributed by atoms with E-state index in [1.54, 1.807) is 0 Å². The van der Waals surface area contributed by atoms with Crippen molar-refractivity contribution in [2.75, 3.05) is 37.8 Å². The number of ether oxygens (including phenoxy) is 1. The number of amides is 2. The Morgan fingerprint density at radius 2 is 1.67 bits per heavy atom. The molecule has 0 radical (unpaired) electrons. The van der Waals surface area contributed by atoms with Gasteiger partial charge in [0.05, 0.1) is 31.6 Å². The normalized spacial score (nSPS) is 22.4. The monoisotopic (exact) mass is 911 g/mol. The number of hydrogen-bond acceptors (Lipinski definition) is 20. The number of aliphatic carboxylic acids is 1. The van der Waals surface area contributed by atoms with Crippen LogP contribution in [-0.4, -0.2) is 144 Å². The van der Waals surface area contributed by atoms with Crippen LogP contribution >= 0.6 is 35.2 Å². The van der Waals surface area contributed by atoms with Gasteiger partial charge in [0.2, 0.25) is 11.8 Å². The second-order valence-electron chi connectivity index (χ2n) is 13.5. The van der Waals surface area contributed by atoms with Crippen molar-refractivity contribution in [3.63, 3.8) is 0 Å². The minimum Gasteiger partial charge on any atom is -0.481 e. The van der Waals surface area contributed by atoms with Crippen molar-refractivity contribution in [1.29, 1.82) is 0 Å². The van der Waals surface area contributed by atoms with E-state index in [-0.39, 0.29) is 42.2 Å². The van der Waals surface area contributed by atoms with E-state index in [1.165, 1.54) is 20.8 Å². The maximum atomic E-state index is 12.7. The Labute approximate surface area is 332 Å². The average Bonchev–Trinajstić information content (AvgIpc) is 3.63. The lowest BCUT2D eigenvalue weighted by atomic mass is 9.87. The Kier molecular flexibility index (Phi) is 17.0. The van der Waals surface area contributed by atoms with Gasteiger partial charge in [0.1, 0.15) is 36.3 Å². The number of aliphatic hydroxyl groups is 3. The lowest BCUT2D eigenvalue weighted by molar-refractivity contribution is -0.142. The fourth-order valence-corrected chi connectivity index (χ4v) is 8.72. The van der Waals surface area contributed by atoms with E-state index in [0.29, 0.717) is 0 Å². The zero-order valence-electron chi connectivity index (χ0n) is 30.8. The maximum absolute atomic E-state index is 12.7. The molecule has 0 saturated carbocycles. The molecule has 27 nitrogen and oxygen atoms in total. The van der Waals surface area contributed by atoms with Crippen molar-refractivity contribution in [1.82, 2.24) is 30.2 Å². The number of hydrogen-bond donors (Lipinski definition) is 11. The number of nitrogens with two attached hydrogens (primary N) is 1. The molecule has 3 heterocycles. The van der Waals surface area contributed by atoms with Crippen LogP contribution in [0, 0.1) is 5.41 Å². The van der Waals surface area contributed by atoms with Crippen molar-refractivity contribution in [3.8, 4) is 0 Å². The number of imidazole rings is 1. The summed E-state index contributed by atoms with van der Waals surface area (Å²) >= 11 is 0.771. The molecule has 8 atom stereocenters. The van der Waals surface area contributed by atoms with Crippen LogP contribution in [0.25, 0.3) is 11.2 Å². The molecule has 1 aliphatic rings. The fraction of sp³-hybridized carbons (Fsp3) is 0.667. The number of carbonyl (C=O) groups excluding carboxylic acids is 3. The number of aliphatic hydroxyl groups excluding tert-OH is 2. The third-order valence-corrected chi connectivity index (χ3v) is 11.8. The number of phosphoric ester groups is 3. The van der Waals surface area contributed by atoms with Gasteiger partial charge in [0.25, 0.3) is 0 Å². The van der Waals surface area contributed by atoms with Crippen LogP contribution in [0.3, 0.4) is 0 Å². The third kappa shape index (κ3) is 15.2. The predicted octanol–water partition coefficient (Wildman–Crippen LogP) is -1.72. The van der Waals surface area contributed by atoms with Crippen molar-refractivity contribution >= 4 is 75.1 Å². The molecule has 1 fully saturated rings. The second kappa shape index (κ2) is 20.0. The van der Waals surface area contributed by atoms with Crippen LogP contribution in [0.5, 0.6) is 0 Å². The third-order valence-electron chi connectivity index (χ3n) is 7.82. The van der Waals surface area contributed by atoms with Crippen molar-refractivity contribution < 1.29 is 95.5 Å². The molecule has 1 aliphatic heterocycles. The first-order chi connectivity index (χ1) is 26.6. The van der Waals surface area contributed by atoms with E-state index >= 15 is 0 Å². The Hall–Kier alpha value is -3.01. The summed E-state index contributed by atoms with van der Waals surface area (Å²) in [6, 6.07) is 0. The minimum absolute atomic E-state index is 0.0147. The Bertz CT molecular complexity index is 1950. The predicted molar refractivity (Wildman–Crippen MR) is 195 cm³/mol. The molecule has 328 valence electrons. The Morgan fingerprint density at radius 1 is 1.02 bits per heavy atom. The number of thioether (sulfide) groups is 1. The summed E-state index contributed by atoms with van der Waals surface area (Å²) in [5.41, 5.74) is 2.44. The molecular formula is C27H44N7O20P3S.